The maximum absolute atomic E-state index is 15.9. The number of benzene rings is 3. The van der Waals surface area contributed by atoms with E-state index in [1.807, 2.05) is 6.92 Å². The van der Waals surface area contributed by atoms with E-state index in [1.54, 1.807) is 99.6 Å². The fraction of sp³-hybridized carbons (Fsp3) is 0.571. The van der Waals surface area contributed by atoms with Crippen molar-refractivity contribution in [2.45, 2.75) is 198 Å². The molecular weight excluding hydrogens is 1090 g/mol. The fourth-order valence-electron chi connectivity index (χ4n) is 12.8. The Bertz CT molecular complexity index is 2720. The molecule has 1 amide bonds. The predicted molar refractivity (Wildman–Crippen MR) is 300 cm³/mol. The first-order valence-electron chi connectivity index (χ1n) is 28.4. The molecule has 3 unspecified atom stereocenters. The predicted octanol–water partition coefficient (Wildman–Crippen LogP) is 10.00. The molecule has 17 heteroatoms. The minimum absolute atomic E-state index is 0.0164. The molecule has 1 saturated heterocycles. The second-order valence-corrected chi connectivity index (χ2v) is 24.1. The zero-order valence-corrected chi connectivity index (χ0v) is 49.0. The van der Waals surface area contributed by atoms with Crippen molar-refractivity contribution in [2.75, 3.05) is 6.61 Å². The van der Waals surface area contributed by atoms with Crippen LogP contribution in [-0.2, 0) is 52.4 Å². The average molecular weight is 1170 g/mol. The highest BCUT2D eigenvalue weighted by Crippen LogP contribution is 2.64. The lowest BCUT2D eigenvalue weighted by molar-refractivity contribution is -0.346. The second-order valence-electron chi connectivity index (χ2n) is 23.1. The molecule has 2 saturated carbocycles. The van der Waals surface area contributed by atoms with Crippen LogP contribution >= 0.6 is 15.9 Å². The van der Waals surface area contributed by atoms with Crippen molar-refractivity contribution in [1.29, 1.82) is 0 Å². The number of Topliss-reactive ketones (excluding diaryl/α,β-unsaturated/α-hetero) is 1. The summed E-state index contributed by atoms with van der Waals surface area (Å²) in [7, 11) is 0. The lowest BCUT2D eigenvalue weighted by atomic mass is 9.44. The number of rotatable bonds is 24. The van der Waals surface area contributed by atoms with Gasteiger partial charge in [-0.1, -0.05) is 175 Å². The van der Waals surface area contributed by atoms with E-state index in [-0.39, 0.29) is 41.2 Å². The molecule has 80 heavy (non-hydrogen) atoms. The third-order valence-electron chi connectivity index (χ3n) is 17.4. The smallest absolute Gasteiger partial charge is 0.350 e. The van der Waals surface area contributed by atoms with Crippen LogP contribution in [0.1, 0.15) is 171 Å². The summed E-state index contributed by atoms with van der Waals surface area (Å²) >= 11 is 3.60. The quantitative estimate of drug-likeness (QED) is 0.0249. The van der Waals surface area contributed by atoms with Gasteiger partial charge in [-0.05, 0) is 67.2 Å². The Morgan fingerprint density at radius 1 is 0.762 bits per heavy atom. The van der Waals surface area contributed by atoms with E-state index in [2.05, 4.69) is 28.2 Å². The molecule has 0 spiro atoms. The highest BCUT2D eigenvalue weighted by molar-refractivity contribution is 9.10. The molecule has 16 nitrogen and oxygen atoms in total. The Hall–Kier alpha value is -5.75. The van der Waals surface area contributed by atoms with Gasteiger partial charge in [-0.15, -0.1) is 0 Å². The Morgan fingerprint density at radius 3 is 1.88 bits per heavy atom. The molecule has 13 atom stereocenters. The summed E-state index contributed by atoms with van der Waals surface area (Å²) < 4.78 is 37.5. The fourth-order valence-corrected chi connectivity index (χ4v) is 13.2. The topological polar surface area (TPSA) is 227 Å². The van der Waals surface area contributed by atoms with E-state index in [9.17, 15) is 34.2 Å². The van der Waals surface area contributed by atoms with Crippen molar-refractivity contribution >= 4 is 57.5 Å². The lowest BCUT2D eigenvalue weighted by Gasteiger charge is -2.67. The first-order valence-corrected chi connectivity index (χ1v) is 29.3. The molecule has 0 aromatic heterocycles. The minimum atomic E-state index is -2.45. The summed E-state index contributed by atoms with van der Waals surface area (Å²) in [6.45, 7) is 12.2. The number of unbranched alkanes of at least 4 members (excludes halogenated alkanes) is 9. The number of halogens is 1. The number of carbonyl (C=O) groups is 7. The van der Waals surface area contributed by atoms with Crippen molar-refractivity contribution in [3.8, 4) is 0 Å². The summed E-state index contributed by atoms with van der Waals surface area (Å²) in [6, 6.07) is 23.3. The first-order chi connectivity index (χ1) is 38.0. The van der Waals surface area contributed by atoms with Crippen LogP contribution in [0.5, 0.6) is 0 Å². The number of esters is 5. The summed E-state index contributed by atoms with van der Waals surface area (Å²) in [4.78, 5) is 100. The standard InChI is InChI=1S/C63H80BrNO15/c1-9-10-11-12-13-14-15-16-17-21-28-38(2)49(64)58(72)78-52(50(42-29-22-18-23-30-42)65-56(70)43-31-24-19-25-32-43)59(73)77-45-36-63(74)55(79-57(71)44-33-26-20-27-34-44)53-61(8,46(68)35-47-62(53,37-75-47)80-41(5)67)54(69)51(76-40(4)66)48(39(45)3)60(63,6)7/h18-20,22-27,29-34,38,45-47,49-53,55,68,74H,9-17,21,28,35-37H2,1-8H3,(H,65,70)/t38?,45-,46-,47+,49?,50?,51+,52+,53-,55-,61+,62-,63+/m0/s1. The van der Waals surface area contributed by atoms with Gasteiger partial charge in [-0.3, -0.25) is 24.0 Å². The van der Waals surface area contributed by atoms with E-state index in [1.165, 1.54) is 57.6 Å². The van der Waals surface area contributed by atoms with Gasteiger partial charge in [-0.25, -0.2) is 9.59 Å². The highest BCUT2D eigenvalue weighted by Gasteiger charge is 2.78. The van der Waals surface area contributed by atoms with Gasteiger partial charge in [0.15, 0.2) is 17.5 Å². The maximum Gasteiger partial charge on any atom is 0.350 e. The zero-order chi connectivity index (χ0) is 58.2. The molecular formula is C63H80BrNO15. The molecule has 3 N–H and O–H groups in total. The van der Waals surface area contributed by atoms with E-state index in [4.69, 9.17) is 28.4 Å². The van der Waals surface area contributed by atoms with Crippen LogP contribution in [0.4, 0.5) is 0 Å². The third-order valence-corrected chi connectivity index (χ3v) is 18.7. The molecule has 3 aliphatic carbocycles. The largest absolute Gasteiger partial charge is 0.455 e. The molecule has 3 fully saturated rings. The van der Waals surface area contributed by atoms with E-state index >= 15 is 9.59 Å². The zero-order valence-electron chi connectivity index (χ0n) is 47.4. The number of alkyl halides is 1. The number of aliphatic hydroxyl groups is 2. The molecule has 7 rings (SSSR count). The van der Waals surface area contributed by atoms with Gasteiger partial charge < -0.3 is 44.0 Å². The first kappa shape index (κ1) is 61.9. The van der Waals surface area contributed by atoms with E-state index in [0.29, 0.717) is 12.0 Å². The van der Waals surface area contributed by atoms with Crippen molar-refractivity contribution in [1.82, 2.24) is 5.32 Å². The number of ketones is 1. The van der Waals surface area contributed by atoms with E-state index < -0.39 is 123 Å². The molecule has 3 aromatic carbocycles. The van der Waals surface area contributed by atoms with Crippen LogP contribution in [0.25, 0.3) is 0 Å². The van der Waals surface area contributed by atoms with Crippen LogP contribution < -0.4 is 5.32 Å². The molecule has 3 aromatic rings. The molecule has 1 aliphatic heterocycles. The molecule has 2 bridgehead atoms. The van der Waals surface area contributed by atoms with Gasteiger partial charge in [-0.2, -0.15) is 0 Å². The number of amides is 1. The molecule has 1 heterocycles. The number of hydrogen-bond donors (Lipinski definition) is 3. The SMILES string of the molecule is CCCCCCCCCCCCC(C)C(Br)C(=O)O[C@@H](C(=O)O[C@H]1C[C@@]2(O)[C@@H](OC(=O)c3ccccc3)[C@@H]3[C@]4(OC(C)=O)CO[C@@H]4C[C@H](O)[C@@]3(C)C(=O)[C@H](OC(C)=O)C(=C1C)C2(C)C)C(NC(=O)c1ccccc1)c1ccccc1. The normalized spacial score (nSPS) is 28.1. The number of nitrogens with one attached hydrogen (secondary N) is 1. The van der Waals surface area contributed by atoms with Crippen LogP contribution in [-0.4, -0.2) is 111 Å². The number of hydrogen-bond acceptors (Lipinski definition) is 15. The molecule has 0 radical (unpaired) electrons. The van der Waals surface area contributed by atoms with Crippen LogP contribution in [0.3, 0.4) is 0 Å². The third kappa shape index (κ3) is 12.8. The van der Waals surface area contributed by atoms with Crippen LogP contribution in [0, 0.1) is 22.7 Å². The number of carbonyl (C=O) groups excluding carboxylic acids is 7. The van der Waals surface area contributed by atoms with Gasteiger partial charge in [0.2, 0.25) is 6.10 Å². The lowest BCUT2D eigenvalue weighted by Crippen LogP contribution is -2.82. The van der Waals surface area contributed by atoms with Crippen molar-refractivity contribution in [2.24, 2.45) is 22.7 Å². The van der Waals surface area contributed by atoms with Gasteiger partial charge in [0.1, 0.15) is 34.8 Å². The highest BCUT2D eigenvalue weighted by atomic mass is 79.9. The Labute approximate surface area is 478 Å². The maximum atomic E-state index is 15.9. The van der Waals surface area contributed by atoms with E-state index in [0.717, 1.165) is 39.5 Å². The van der Waals surface area contributed by atoms with Gasteiger partial charge in [0.25, 0.3) is 5.91 Å². The summed E-state index contributed by atoms with van der Waals surface area (Å²) in [5.74, 6) is -7.92. The van der Waals surface area contributed by atoms with Crippen LogP contribution in [0.15, 0.2) is 102 Å². The minimum Gasteiger partial charge on any atom is -0.455 e. The monoisotopic (exact) mass is 1170 g/mol. The number of fused-ring (bicyclic) bond motifs is 5. The Morgan fingerprint density at radius 2 is 1.32 bits per heavy atom. The summed E-state index contributed by atoms with van der Waals surface area (Å²) in [5, 5.41) is 29.3. The molecule has 434 valence electrons. The van der Waals surface area contributed by atoms with Crippen molar-refractivity contribution < 1.29 is 72.2 Å². The molecule has 4 aliphatic rings. The van der Waals surface area contributed by atoms with Crippen LogP contribution in [0.2, 0.25) is 0 Å². The number of ether oxygens (including phenoxy) is 6. The Kier molecular flexibility index (Phi) is 20.4. The van der Waals surface area contributed by atoms with Gasteiger partial charge >= 0.3 is 29.8 Å². The average Bonchev–Trinajstić information content (AvgIpc) is 3.26. The van der Waals surface area contributed by atoms with Gasteiger partial charge in [0.05, 0.1) is 29.6 Å². The van der Waals surface area contributed by atoms with Gasteiger partial charge in [0, 0.05) is 37.7 Å². The Balaban J connectivity index is 1.31. The number of aliphatic hydroxyl groups excluding tert-OH is 1. The summed E-state index contributed by atoms with van der Waals surface area (Å²) in [6.07, 6.45) is 1.47. The van der Waals surface area contributed by atoms with Crippen molar-refractivity contribution in [3.63, 3.8) is 0 Å². The summed E-state index contributed by atoms with van der Waals surface area (Å²) in [5.41, 5.74) is -7.26. The van der Waals surface area contributed by atoms with Crippen molar-refractivity contribution in [3.05, 3.63) is 119 Å². The second kappa shape index (κ2) is 26.4.